The molecule has 1 unspecified atom stereocenters. The molecule has 2 aromatic rings. The van der Waals surface area contributed by atoms with Crippen LogP contribution in [0.25, 0.3) is 10.2 Å². The van der Waals surface area contributed by atoms with Crippen molar-refractivity contribution in [2.75, 3.05) is 11.9 Å². The van der Waals surface area contributed by atoms with Gasteiger partial charge in [-0.3, -0.25) is 5.32 Å². The van der Waals surface area contributed by atoms with Crippen LogP contribution < -0.4 is 5.32 Å². The lowest BCUT2D eigenvalue weighted by molar-refractivity contribution is 0.136. The summed E-state index contributed by atoms with van der Waals surface area (Å²) in [6, 6.07) is 5.46. The first kappa shape index (κ1) is 17.0. The molecule has 0 aliphatic carbocycles. The van der Waals surface area contributed by atoms with Gasteiger partial charge in [0.05, 0.1) is 16.8 Å². The number of anilines is 1. The Bertz CT molecular complexity index is 630. The van der Waals surface area contributed by atoms with Gasteiger partial charge in [0.25, 0.3) is 0 Å². The number of thiazole rings is 1. The summed E-state index contributed by atoms with van der Waals surface area (Å²) in [5.41, 5.74) is 0.819. The molecule has 0 radical (unpaired) electrons. The van der Waals surface area contributed by atoms with Gasteiger partial charge in [0.1, 0.15) is 0 Å². The summed E-state index contributed by atoms with van der Waals surface area (Å²) in [4.78, 5) is 16.2. The van der Waals surface area contributed by atoms with Gasteiger partial charge in [-0.1, -0.05) is 56.0 Å². The second-order valence-corrected chi connectivity index (χ2v) is 6.74. The highest BCUT2D eigenvalue weighted by Crippen LogP contribution is 2.28. The molecule has 1 atom stereocenters. The maximum absolute atomic E-state index is 11.9. The molecule has 1 aromatic carbocycles. The predicted octanol–water partition coefficient (Wildman–Crippen LogP) is 5.71. The van der Waals surface area contributed by atoms with Crippen molar-refractivity contribution in [3.05, 3.63) is 23.2 Å². The van der Waals surface area contributed by atoms with Gasteiger partial charge in [-0.15, -0.1) is 0 Å². The number of hydrogen-bond donors (Lipinski definition) is 1. The molecule has 0 saturated carbocycles. The first-order valence-corrected chi connectivity index (χ1v) is 8.81. The zero-order valence-electron chi connectivity index (χ0n) is 12.9. The van der Waals surface area contributed by atoms with E-state index in [9.17, 15) is 4.79 Å². The van der Waals surface area contributed by atoms with Gasteiger partial charge in [-0.2, -0.15) is 0 Å². The van der Waals surface area contributed by atoms with E-state index < -0.39 is 6.09 Å². The van der Waals surface area contributed by atoms with Crippen molar-refractivity contribution in [1.82, 2.24) is 4.98 Å². The third-order valence-corrected chi connectivity index (χ3v) is 4.72. The van der Waals surface area contributed by atoms with Crippen molar-refractivity contribution < 1.29 is 9.53 Å². The van der Waals surface area contributed by atoms with Crippen LogP contribution in [0.4, 0.5) is 9.93 Å². The average Bonchev–Trinajstić information content (AvgIpc) is 2.88. The molecule has 2 rings (SSSR count). The van der Waals surface area contributed by atoms with Crippen molar-refractivity contribution in [1.29, 1.82) is 0 Å². The summed E-state index contributed by atoms with van der Waals surface area (Å²) in [6.45, 7) is 4.75. The van der Waals surface area contributed by atoms with Crippen molar-refractivity contribution in [3.63, 3.8) is 0 Å². The van der Waals surface area contributed by atoms with Gasteiger partial charge in [0.2, 0.25) is 0 Å². The summed E-state index contributed by atoms with van der Waals surface area (Å²) in [5, 5.41) is 3.88. The standard InChI is InChI=1S/C16H21ClN2O2S/c1-3-5-6-11(4-2)10-21-16(20)19-15-18-13-8-7-12(17)9-14(13)22-15/h7-9,11H,3-6,10H2,1-2H3,(H,18,19,20). The number of halogens is 1. The largest absolute Gasteiger partial charge is 0.449 e. The molecule has 6 heteroatoms. The Morgan fingerprint density at radius 3 is 3.00 bits per heavy atom. The number of hydrogen-bond acceptors (Lipinski definition) is 4. The predicted molar refractivity (Wildman–Crippen MR) is 92.9 cm³/mol. The molecule has 4 nitrogen and oxygen atoms in total. The molecule has 22 heavy (non-hydrogen) atoms. The van der Waals surface area contributed by atoms with Gasteiger partial charge in [0.15, 0.2) is 5.13 Å². The molecule has 1 heterocycles. The van der Waals surface area contributed by atoms with Crippen LogP contribution in [0.3, 0.4) is 0 Å². The SMILES string of the molecule is CCCCC(CC)COC(=O)Nc1nc2ccc(Cl)cc2s1. The molecule has 0 aliphatic heterocycles. The van der Waals surface area contributed by atoms with Crippen LogP contribution >= 0.6 is 22.9 Å². The van der Waals surface area contributed by atoms with E-state index in [4.69, 9.17) is 16.3 Å². The van der Waals surface area contributed by atoms with Crippen LogP contribution in [0.2, 0.25) is 5.02 Å². The molecule has 1 amide bonds. The molecule has 120 valence electrons. The fraction of sp³-hybridized carbons (Fsp3) is 0.500. The van der Waals surface area contributed by atoms with E-state index in [-0.39, 0.29) is 0 Å². The summed E-state index contributed by atoms with van der Waals surface area (Å²) in [7, 11) is 0. The van der Waals surface area contributed by atoms with Crippen LogP contribution in [0.1, 0.15) is 39.5 Å². The highest BCUT2D eigenvalue weighted by atomic mass is 35.5. The average molecular weight is 341 g/mol. The number of nitrogens with one attached hydrogen (secondary N) is 1. The molecular formula is C16H21ClN2O2S. The zero-order chi connectivity index (χ0) is 15.9. The van der Waals surface area contributed by atoms with Crippen LogP contribution in [-0.4, -0.2) is 17.7 Å². The minimum atomic E-state index is -0.444. The summed E-state index contributed by atoms with van der Waals surface area (Å²) >= 11 is 7.33. The summed E-state index contributed by atoms with van der Waals surface area (Å²) < 4.78 is 6.25. The minimum Gasteiger partial charge on any atom is -0.449 e. The van der Waals surface area contributed by atoms with Gasteiger partial charge in [0, 0.05) is 5.02 Å². The Balaban J connectivity index is 1.87. The van der Waals surface area contributed by atoms with E-state index in [2.05, 4.69) is 24.1 Å². The molecule has 0 spiro atoms. The Morgan fingerprint density at radius 1 is 1.45 bits per heavy atom. The number of fused-ring (bicyclic) bond motifs is 1. The van der Waals surface area contributed by atoms with E-state index in [0.29, 0.717) is 22.7 Å². The van der Waals surface area contributed by atoms with Gasteiger partial charge < -0.3 is 4.74 Å². The quantitative estimate of drug-likeness (QED) is 0.701. The number of ether oxygens (including phenoxy) is 1. The van der Waals surface area contributed by atoms with E-state index in [0.717, 1.165) is 29.5 Å². The highest BCUT2D eigenvalue weighted by Gasteiger charge is 2.12. The van der Waals surface area contributed by atoms with Gasteiger partial charge in [-0.05, 0) is 30.5 Å². The third kappa shape index (κ3) is 4.85. The van der Waals surface area contributed by atoms with Crippen molar-refractivity contribution in [2.24, 2.45) is 5.92 Å². The highest BCUT2D eigenvalue weighted by molar-refractivity contribution is 7.22. The van der Waals surface area contributed by atoms with Crippen molar-refractivity contribution in [3.8, 4) is 0 Å². The van der Waals surface area contributed by atoms with Gasteiger partial charge in [-0.25, -0.2) is 9.78 Å². The maximum atomic E-state index is 11.9. The van der Waals surface area contributed by atoms with E-state index >= 15 is 0 Å². The fourth-order valence-corrected chi connectivity index (χ4v) is 3.29. The molecule has 0 saturated heterocycles. The number of amides is 1. The molecular weight excluding hydrogens is 320 g/mol. The van der Waals surface area contributed by atoms with E-state index in [1.54, 1.807) is 6.07 Å². The topological polar surface area (TPSA) is 51.2 Å². The number of nitrogens with zero attached hydrogens (tertiary/aromatic N) is 1. The minimum absolute atomic E-state index is 0.430. The molecule has 0 aliphatic rings. The summed E-state index contributed by atoms with van der Waals surface area (Å²) in [6.07, 6.45) is 4.01. The molecule has 1 N–H and O–H groups in total. The number of carbonyl (C=O) groups is 1. The lowest BCUT2D eigenvalue weighted by Crippen LogP contribution is -2.18. The Kier molecular flexibility index (Phi) is 6.46. The second-order valence-electron chi connectivity index (χ2n) is 5.27. The number of aromatic nitrogens is 1. The lowest BCUT2D eigenvalue weighted by atomic mass is 10.0. The van der Waals surface area contributed by atoms with Crippen LogP contribution in [0.15, 0.2) is 18.2 Å². The number of carbonyl (C=O) groups excluding carboxylic acids is 1. The Hall–Kier alpha value is -1.33. The smallest absolute Gasteiger partial charge is 0.413 e. The van der Waals surface area contributed by atoms with Gasteiger partial charge >= 0.3 is 6.09 Å². The molecule has 1 aromatic heterocycles. The Labute approximate surface area is 139 Å². The third-order valence-electron chi connectivity index (χ3n) is 3.55. The van der Waals surface area contributed by atoms with E-state index in [1.807, 2.05) is 12.1 Å². The monoisotopic (exact) mass is 340 g/mol. The van der Waals surface area contributed by atoms with Crippen molar-refractivity contribution >= 4 is 44.4 Å². The first-order chi connectivity index (χ1) is 10.6. The number of benzene rings is 1. The van der Waals surface area contributed by atoms with Crippen LogP contribution in [-0.2, 0) is 4.74 Å². The summed E-state index contributed by atoms with van der Waals surface area (Å²) in [5.74, 6) is 0.430. The molecule has 0 bridgehead atoms. The van der Waals surface area contributed by atoms with E-state index in [1.165, 1.54) is 17.8 Å². The normalized spacial score (nSPS) is 12.3. The zero-order valence-corrected chi connectivity index (χ0v) is 14.5. The number of rotatable bonds is 7. The molecule has 0 fully saturated rings. The number of unbranched alkanes of at least 4 members (excludes halogenated alkanes) is 1. The first-order valence-electron chi connectivity index (χ1n) is 7.62. The second kappa shape index (κ2) is 8.34. The Morgan fingerprint density at radius 2 is 2.27 bits per heavy atom. The fourth-order valence-electron chi connectivity index (χ4n) is 2.17. The van der Waals surface area contributed by atoms with Crippen LogP contribution in [0, 0.1) is 5.92 Å². The van der Waals surface area contributed by atoms with Crippen molar-refractivity contribution in [2.45, 2.75) is 39.5 Å². The van der Waals surface area contributed by atoms with Crippen LogP contribution in [0.5, 0.6) is 0 Å². The maximum Gasteiger partial charge on any atom is 0.413 e. The lowest BCUT2D eigenvalue weighted by Gasteiger charge is -2.14.